The number of benzene rings is 1. The lowest BCUT2D eigenvalue weighted by Gasteiger charge is -2.39. The summed E-state index contributed by atoms with van der Waals surface area (Å²) in [5, 5.41) is 4.40. The Labute approximate surface area is 176 Å². The fraction of sp³-hybridized carbons (Fsp3) is 0.609. The molecule has 0 unspecified atom stereocenters. The predicted octanol–water partition coefficient (Wildman–Crippen LogP) is 3.71. The summed E-state index contributed by atoms with van der Waals surface area (Å²) in [6, 6.07) is 11.0. The summed E-state index contributed by atoms with van der Waals surface area (Å²) < 4.78 is 13.3. The van der Waals surface area contributed by atoms with Gasteiger partial charge in [-0.3, -0.25) is 9.69 Å². The molecule has 2 atom stereocenters. The Hall–Kier alpha value is -1.47. The van der Waals surface area contributed by atoms with Crippen molar-refractivity contribution in [1.29, 1.82) is 0 Å². The number of likely N-dealkylation sites (tertiary alicyclic amines) is 1. The van der Waals surface area contributed by atoms with Crippen molar-refractivity contribution in [3.05, 3.63) is 35.2 Å². The van der Waals surface area contributed by atoms with Crippen molar-refractivity contribution in [1.82, 2.24) is 10.2 Å². The monoisotopic (exact) mass is 414 g/mol. The van der Waals surface area contributed by atoms with Crippen LogP contribution in [0.1, 0.15) is 43.4 Å². The lowest BCUT2D eigenvalue weighted by atomic mass is 9.88. The second-order valence-corrected chi connectivity index (χ2v) is 9.90. The SMILES string of the molecule is O=C(NC[C@H]1CCC2(CCN(Cc3cc4ccccc4s3)CC2)O1)[C@@H]1CCCO1. The van der Waals surface area contributed by atoms with Crippen LogP contribution in [0.4, 0.5) is 0 Å². The van der Waals surface area contributed by atoms with Crippen LogP contribution in [0.5, 0.6) is 0 Å². The van der Waals surface area contributed by atoms with Gasteiger partial charge in [-0.15, -0.1) is 11.3 Å². The summed E-state index contributed by atoms with van der Waals surface area (Å²) in [5.74, 6) is 0.0326. The van der Waals surface area contributed by atoms with E-state index in [0.717, 1.165) is 58.2 Å². The molecule has 3 aliphatic rings. The fourth-order valence-electron chi connectivity index (χ4n) is 4.97. The van der Waals surface area contributed by atoms with Crippen molar-refractivity contribution in [2.75, 3.05) is 26.2 Å². The third-order valence-electron chi connectivity index (χ3n) is 6.69. The molecule has 1 N–H and O–H groups in total. The largest absolute Gasteiger partial charge is 0.370 e. The number of rotatable bonds is 5. The molecule has 1 aromatic carbocycles. The minimum atomic E-state index is -0.248. The van der Waals surface area contributed by atoms with Crippen molar-refractivity contribution < 1.29 is 14.3 Å². The van der Waals surface area contributed by atoms with E-state index in [2.05, 4.69) is 40.5 Å². The first-order valence-corrected chi connectivity index (χ1v) is 11.8. The molecule has 6 heteroatoms. The summed E-state index contributed by atoms with van der Waals surface area (Å²) in [5.41, 5.74) is 0.0237. The van der Waals surface area contributed by atoms with Gasteiger partial charge in [0, 0.05) is 42.4 Å². The molecule has 0 bridgehead atoms. The number of fused-ring (bicyclic) bond motifs is 1. The molecule has 0 saturated carbocycles. The molecule has 156 valence electrons. The third kappa shape index (κ3) is 4.36. The highest BCUT2D eigenvalue weighted by molar-refractivity contribution is 7.19. The molecular formula is C23H30N2O3S. The molecule has 4 heterocycles. The van der Waals surface area contributed by atoms with Crippen LogP contribution in [0, 0.1) is 0 Å². The minimum absolute atomic E-state index is 0.0237. The van der Waals surface area contributed by atoms with Gasteiger partial charge in [-0.2, -0.15) is 0 Å². The summed E-state index contributed by atoms with van der Waals surface area (Å²) in [4.78, 5) is 16.2. The number of nitrogens with zero attached hydrogens (tertiary/aromatic N) is 1. The number of ether oxygens (including phenoxy) is 2. The summed E-state index contributed by atoms with van der Waals surface area (Å²) >= 11 is 1.91. The van der Waals surface area contributed by atoms with Gasteiger partial charge in [0.2, 0.25) is 5.91 Å². The zero-order valence-electron chi connectivity index (χ0n) is 16.9. The van der Waals surface area contributed by atoms with Gasteiger partial charge in [-0.05, 0) is 56.0 Å². The zero-order chi connectivity index (χ0) is 19.7. The molecule has 5 nitrogen and oxygen atoms in total. The lowest BCUT2D eigenvalue weighted by molar-refractivity contribution is -0.131. The fourth-order valence-corrected chi connectivity index (χ4v) is 6.08. The number of carbonyl (C=O) groups is 1. The van der Waals surface area contributed by atoms with Gasteiger partial charge in [-0.25, -0.2) is 0 Å². The Morgan fingerprint density at radius 3 is 2.86 bits per heavy atom. The van der Waals surface area contributed by atoms with E-state index in [1.54, 1.807) is 0 Å². The molecule has 3 fully saturated rings. The average molecular weight is 415 g/mol. The van der Waals surface area contributed by atoms with Crippen LogP contribution in [0.3, 0.4) is 0 Å². The van der Waals surface area contributed by atoms with E-state index in [9.17, 15) is 4.79 Å². The van der Waals surface area contributed by atoms with Crippen LogP contribution in [0.15, 0.2) is 30.3 Å². The van der Waals surface area contributed by atoms with Crippen LogP contribution in [-0.2, 0) is 20.8 Å². The maximum atomic E-state index is 12.2. The normalized spacial score (nSPS) is 27.0. The van der Waals surface area contributed by atoms with Gasteiger partial charge in [0.15, 0.2) is 0 Å². The molecule has 29 heavy (non-hydrogen) atoms. The van der Waals surface area contributed by atoms with E-state index in [-0.39, 0.29) is 23.7 Å². The molecule has 1 amide bonds. The van der Waals surface area contributed by atoms with Crippen LogP contribution in [-0.4, -0.2) is 54.9 Å². The number of nitrogens with one attached hydrogen (secondary N) is 1. The lowest BCUT2D eigenvalue weighted by Crippen LogP contribution is -2.45. The Morgan fingerprint density at radius 2 is 2.07 bits per heavy atom. The maximum Gasteiger partial charge on any atom is 0.249 e. The van der Waals surface area contributed by atoms with E-state index < -0.39 is 0 Å². The Kier molecular flexibility index (Phi) is 5.61. The van der Waals surface area contributed by atoms with E-state index in [1.165, 1.54) is 15.0 Å². The smallest absolute Gasteiger partial charge is 0.249 e. The number of amides is 1. The standard InChI is InChI=1S/C23H30N2O3S/c26-22(20-5-3-13-27-20)24-15-18-7-8-23(28-18)9-11-25(12-10-23)16-19-14-17-4-1-2-6-21(17)29-19/h1-2,4,6,14,18,20H,3,5,7-13,15-16H2,(H,24,26)/t18-,20+/m1/s1. The number of hydrogen-bond acceptors (Lipinski definition) is 5. The van der Waals surface area contributed by atoms with Gasteiger partial charge in [0.1, 0.15) is 6.10 Å². The number of carbonyl (C=O) groups excluding carboxylic acids is 1. The van der Waals surface area contributed by atoms with Crippen molar-refractivity contribution in [3.63, 3.8) is 0 Å². The quantitative estimate of drug-likeness (QED) is 0.810. The zero-order valence-corrected chi connectivity index (χ0v) is 17.7. The number of thiophene rings is 1. The summed E-state index contributed by atoms with van der Waals surface area (Å²) in [6.45, 7) is 4.54. The highest BCUT2D eigenvalue weighted by Gasteiger charge is 2.42. The Morgan fingerprint density at radius 1 is 1.21 bits per heavy atom. The molecular weight excluding hydrogens is 384 g/mol. The highest BCUT2D eigenvalue weighted by atomic mass is 32.1. The van der Waals surface area contributed by atoms with E-state index in [0.29, 0.717) is 13.2 Å². The first-order chi connectivity index (χ1) is 14.2. The van der Waals surface area contributed by atoms with Crippen LogP contribution >= 0.6 is 11.3 Å². The third-order valence-corrected chi connectivity index (χ3v) is 7.79. The van der Waals surface area contributed by atoms with Gasteiger partial charge in [0.25, 0.3) is 0 Å². The molecule has 1 spiro atoms. The maximum absolute atomic E-state index is 12.2. The van der Waals surface area contributed by atoms with E-state index in [4.69, 9.17) is 9.47 Å². The van der Waals surface area contributed by atoms with Crippen LogP contribution < -0.4 is 5.32 Å². The van der Waals surface area contributed by atoms with Crippen molar-refractivity contribution in [2.24, 2.45) is 0 Å². The average Bonchev–Trinajstić information content (AvgIpc) is 3.48. The van der Waals surface area contributed by atoms with Crippen LogP contribution in [0.25, 0.3) is 10.1 Å². The topological polar surface area (TPSA) is 50.8 Å². The van der Waals surface area contributed by atoms with Crippen molar-refractivity contribution in [3.8, 4) is 0 Å². The second-order valence-electron chi connectivity index (χ2n) is 8.74. The van der Waals surface area contributed by atoms with Crippen LogP contribution in [0.2, 0.25) is 0 Å². The first-order valence-electron chi connectivity index (χ1n) is 11.0. The molecule has 0 aliphatic carbocycles. The van der Waals surface area contributed by atoms with Gasteiger partial charge in [-0.1, -0.05) is 18.2 Å². The molecule has 5 rings (SSSR count). The van der Waals surface area contributed by atoms with E-state index >= 15 is 0 Å². The Balaban J connectivity index is 1.09. The molecule has 0 radical (unpaired) electrons. The van der Waals surface area contributed by atoms with Crippen molar-refractivity contribution >= 4 is 27.3 Å². The molecule has 1 aromatic heterocycles. The van der Waals surface area contributed by atoms with E-state index in [1.807, 2.05) is 11.3 Å². The summed E-state index contributed by atoms with van der Waals surface area (Å²) in [7, 11) is 0. The highest BCUT2D eigenvalue weighted by Crippen LogP contribution is 2.39. The van der Waals surface area contributed by atoms with Gasteiger partial charge < -0.3 is 14.8 Å². The Bertz CT molecular complexity index is 820. The second kappa shape index (κ2) is 8.34. The first kappa shape index (κ1) is 19.5. The summed E-state index contributed by atoms with van der Waals surface area (Å²) in [6.07, 6.45) is 6.07. The van der Waals surface area contributed by atoms with Crippen molar-refractivity contribution in [2.45, 2.75) is 62.9 Å². The number of hydrogen-bond donors (Lipinski definition) is 1. The minimum Gasteiger partial charge on any atom is -0.370 e. The number of piperidine rings is 1. The van der Waals surface area contributed by atoms with Gasteiger partial charge in [0.05, 0.1) is 11.7 Å². The molecule has 2 aromatic rings. The predicted molar refractivity (Wildman–Crippen MR) is 115 cm³/mol. The molecule has 3 aliphatic heterocycles. The molecule has 3 saturated heterocycles. The van der Waals surface area contributed by atoms with Gasteiger partial charge >= 0.3 is 0 Å².